The number of nitrogens with two attached hydrogens (primary N) is 1. The lowest BCUT2D eigenvalue weighted by Gasteiger charge is -2.33. The van der Waals surface area contributed by atoms with Crippen LogP contribution in [0.4, 0.5) is 11.4 Å². The number of nitrogens with one attached hydrogen (secondary N) is 4. The minimum Gasteiger partial charge on any atom is -0.480 e. The number of hydrogen-bond acceptors (Lipinski definition) is 15. The number of carbonyl (C=O) groups excluding carboxylic acids is 2. The van der Waals surface area contributed by atoms with Crippen LogP contribution in [0.5, 0.6) is 0 Å². The van der Waals surface area contributed by atoms with E-state index in [1.54, 1.807) is 14.7 Å². The molecule has 51 heavy (non-hydrogen) atoms. The third-order valence-corrected chi connectivity index (χ3v) is 8.27. The Balaban J connectivity index is 0.00000638. The van der Waals surface area contributed by atoms with E-state index < -0.39 is 34.8 Å². The zero-order chi connectivity index (χ0) is 38.3. The van der Waals surface area contributed by atoms with E-state index >= 15 is 0 Å². The van der Waals surface area contributed by atoms with Gasteiger partial charge in [-0.05, 0) is 12.3 Å². The summed E-state index contributed by atoms with van der Waals surface area (Å²) in [4.78, 5) is 86.5. The smallest absolute Gasteiger partial charge is 0.317 e. The van der Waals surface area contributed by atoms with Crippen molar-refractivity contribution in [3.63, 3.8) is 0 Å². The van der Waals surface area contributed by atoms with Crippen molar-refractivity contribution in [1.29, 1.82) is 0 Å². The minimum atomic E-state index is -1.03. The highest BCUT2D eigenvalue weighted by atomic mass is 16.4. The van der Waals surface area contributed by atoms with Gasteiger partial charge in [0.25, 0.3) is 10.9 Å². The van der Waals surface area contributed by atoms with Gasteiger partial charge in [0.2, 0.25) is 5.91 Å². The second-order valence-electron chi connectivity index (χ2n) is 12.7. The Morgan fingerprint density at radius 2 is 1.10 bits per heavy atom. The molecule has 1 amide bonds. The van der Waals surface area contributed by atoms with Crippen molar-refractivity contribution in [2.45, 2.75) is 39.2 Å². The number of rotatable bonds is 21. The highest BCUT2D eigenvalue weighted by molar-refractivity contribution is 5.82. The Morgan fingerprint density at radius 1 is 0.686 bits per heavy atom. The summed E-state index contributed by atoms with van der Waals surface area (Å²) in [6.07, 6.45) is 2.98. The number of nitrogens with zero attached hydrogens (tertiary/aromatic N) is 4. The van der Waals surface area contributed by atoms with E-state index in [9.17, 15) is 44.1 Å². The van der Waals surface area contributed by atoms with E-state index in [2.05, 4.69) is 35.1 Å². The first-order valence-electron chi connectivity index (χ1n) is 17.2. The number of carboxylic acids is 3. The van der Waals surface area contributed by atoms with Crippen molar-refractivity contribution in [2.24, 2.45) is 11.7 Å². The topological polar surface area (TPSA) is 267 Å². The van der Waals surface area contributed by atoms with Crippen LogP contribution in [0.15, 0.2) is 9.59 Å². The van der Waals surface area contributed by atoms with Crippen molar-refractivity contribution in [3.05, 3.63) is 20.4 Å². The molecule has 1 fully saturated rings. The lowest BCUT2D eigenvalue weighted by molar-refractivity contribution is -0.140. The lowest BCUT2D eigenvalue weighted by Crippen LogP contribution is -2.54. The first kappa shape index (κ1) is 45.0. The highest BCUT2D eigenvalue weighted by Crippen LogP contribution is 2.14. The summed E-state index contributed by atoms with van der Waals surface area (Å²) in [5.41, 5.74) is 5.25. The molecular weight excluding hydrogens is 670 g/mol. The molecule has 290 valence electrons. The Morgan fingerprint density at radius 3 is 1.49 bits per heavy atom. The summed E-state index contributed by atoms with van der Waals surface area (Å²) in [6.45, 7) is 9.37. The molecule has 1 aromatic carbocycles. The van der Waals surface area contributed by atoms with Gasteiger partial charge < -0.3 is 41.8 Å². The summed E-state index contributed by atoms with van der Waals surface area (Å²) in [7, 11) is 0. The number of anilines is 2. The van der Waals surface area contributed by atoms with Crippen LogP contribution in [0.2, 0.25) is 0 Å². The van der Waals surface area contributed by atoms with Gasteiger partial charge in [0.1, 0.15) is 18.2 Å². The molecule has 1 aliphatic heterocycles. The Labute approximate surface area is 298 Å². The SMILES string of the molecule is C=O.CC(C)CCCCNc1c(NCCNC(=O)C(CN)NCN2CCN(CC(=O)O)CCN(CC(=O)O)CCN(CC(=O)O)CC2)c(=O)c1=O. The van der Waals surface area contributed by atoms with Crippen molar-refractivity contribution in [2.75, 3.05) is 115 Å². The Kier molecular flexibility index (Phi) is 22.1. The van der Waals surface area contributed by atoms with E-state index in [0.29, 0.717) is 64.8 Å². The van der Waals surface area contributed by atoms with Gasteiger partial charge >= 0.3 is 17.9 Å². The third kappa shape index (κ3) is 18.2. The summed E-state index contributed by atoms with van der Waals surface area (Å²) in [5, 5.41) is 40.0. The fourth-order valence-corrected chi connectivity index (χ4v) is 5.42. The molecule has 19 nitrogen and oxygen atoms in total. The van der Waals surface area contributed by atoms with Gasteiger partial charge in [-0.25, -0.2) is 0 Å². The minimum absolute atomic E-state index is 0.0220. The molecule has 1 heterocycles. The van der Waals surface area contributed by atoms with Crippen molar-refractivity contribution in [1.82, 2.24) is 30.2 Å². The quantitative estimate of drug-likeness (QED) is 0.0470. The number of aliphatic carboxylic acids is 3. The summed E-state index contributed by atoms with van der Waals surface area (Å²) < 4.78 is 0. The van der Waals surface area contributed by atoms with Crippen LogP contribution in [-0.2, 0) is 24.0 Å². The molecule has 0 saturated carbocycles. The zero-order valence-corrected chi connectivity index (χ0v) is 29.9. The van der Waals surface area contributed by atoms with Crippen LogP contribution in [0.3, 0.4) is 0 Å². The number of carbonyl (C=O) groups is 5. The molecule has 1 atom stereocenters. The van der Waals surface area contributed by atoms with E-state index in [-0.39, 0.29) is 63.2 Å². The number of hydrogen-bond donors (Lipinski definition) is 8. The van der Waals surface area contributed by atoms with Gasteiger partial charge in [-0.15, -0.1) is 0 Å². The first-order valence-corrected chi connectivity index (χ1v) is 17.2. The van der Waals surface area contributed by atoms with Gasteiger partial charge in [-0.3, -0.25) is 53.7 Å². The Bertz CT molecular complexity index is 1260. The van der Waals surface area contributed by atoms with Gasteiger partial charge in [-0.2, -0.15) is 0 Å². The zero-order valence-electron chi connectivity index (χ0n) is 29.9. The maximum Gasteiger partial charge on any atom is 0.317 e. The van der Waals surface area contributed by atoms with E-state index in [1.807, 2.05) is 11.7 Å². The van der Waals surface area contributed by atoms with E-state index in [1.165, 1.54) is 0 Å². The van der Waals surface area contributed by atoms with Crippen LogP contribution in [0.25, 0.3) is 0 Å². The van der Waals surface area contributed by atoms with Crippen LogP contribution in [-0.4, -0.2) is 176 Å². The number of amides is 1. The van der Waals surface area contributed by atoms with Crippen LogP contribution in [0.1, 0.15) is 33.1 Å². The average Bonchev–Trinajstić information content (AvgIpc) is 3.07. The van der Waals surface area contributed by atoms with E-state index in [4.69, 9.17) is 10.5 Å². The molecular formula is C32H57N9O10. The highest BCUT2D eigenvalue weighted by Gasteiger charge is 2.23. The summed E-state index contributed by atoms with van der Waals surface area (Å²) >= 11 is 0. The normalized spacial score (nSPS) is 16.3. The van der Waals surface area contributed by atoms with E-state index in [0.717, 1.165) is 19.3 Å². The fraction of sp³-hybridized carbons (Fsp3) is 0.719. The second-order valence-corrected chi connectivity index (χ2v) is 12.7. The number of carboxylic acid groups (broad SMARTS) is 3. The van der Waals surface area contributed by atoms with Crippen LogP contribution >= 0.6 is 0 Å². The van der Waals surface area contributed by atoms with Crippen LogP contribution in [0, 0.1) is 5.92 Å². The molecule has 0 aromatic heterocycles. The molecule has 1 unspecified atom stereocenters. The molecule has 1 aromatic rings. The largest absolute Gasteiger partial charge is 0.480 e. The lowest BCUT2D eigenvalue weighted by atomic mass is 10.1. The first-order chi connectivity index (χ1) is 24.3. The molecule has 19 heteroatoms. The molecule has 0 radical (unpaired) electrons. The molecule has 0 bridgehead atoms. The maximum absolute atomic E-state index is 12.9. The van der Waals surface area contributed by atoms with Crippen molar-refractivity contribution < 1.29 is 39.3 Å². The fourth-order valence-electron chi connectivity index (χ4n) is 5.42. The van der Waals surface area contributed by atoms with Crippen LogP contribution < -0.4 is 37.9 Å². The molecule has 1 saturated heterocycles. The predicted octanol–water partition coefficient (Wildman–Crippen LogP) is -2.79. The third-order valence-electron chi connectivity index (χ3n) is 8.27. The molecule has 2 rings (SSSR count). The van der Waals surface area contributed by atoms with Gasteiger partial charge in [0.05, 0.1) is 25.7 Å². The summed E-state index contributed by atoms with van der Waals surface area (Å²) in [5.74, 6) is -2.83. The van der Waals surface area contributed by atoms with Gasteiger partial charge in [0, 0.05) is 85.2 Å². The van der Waals surface area contributed by atoms with Gasteiger partial charge in [0.15, 0.2) is 0 Å². The molecule has 0 spiro atoms. The molecule has 9 N–H and O–H groups in total. The monoisotopic (exact) mass is 727 g/mol. The summed E-state index contributed by atoms with van der Waals surface area (Å²) in [6, 6.07) is -0.773. The molecule has 1 aliphatic rings. The Hall–Kier alpha value is -4.01. The number of unbranched alkanes of at least 4 members (excludes halogenated alkanes) is 1. The van der Waals surface area contributed by atoms with Crippen molar-refractivity contribution in [3.8, 4) is 0 Å². The van der Waals surface area contributed by atoms with Gasteiger partial charge in [-0.1, -0.05) is 26.7 Å². The molecule has 0 aliphatic carbocycles. The average molecular weight is 728 g/mol. The predicted molar refractivity (Wildman–Crippen MR) is 192 cm³/mol. The standard InChI is InChI=1S/C31H55N9O9.CH2O/c1-22(2)5-3-4-6-33-27-28(30(48)29(27)47)34-7-8-35-31(49)23(17-32)36-21-40-15-13-38(19-25(43)44)11-9-37(18-24(41)42)10-12-39(14-16-40)20-26(45)46;1-2/h22-23,33-34,36H,3-21,32H2,1-2H3,(H,35,49)(H,41,42)(H,43,44)(H,45,46);1H2. The van der Waals surface area contributed by atoms with Crippen molar-refractivity contribution >= 4 is 42.0 Å². The second kappa shape index (κ2) is 25.0. The maximum atomic E-state index is 12.9.